The zero-order chi connectivity index (χ0) is 21.5. The van der Waals surface area contributed by atoms with E-state index in [0.717, 1.165) is 0 Å². The van der Waals surface area contributed by atoms with Crippen molar-refractivity contribution >= 4 is 35.8 Å². The molecule has 0 bridgehead atoms. The smallest absolute Gasteiger partial charge is 0.240 e. The van der Waals surface area contributed by atoms with Crippen LogP contribution in [0.1, 0.15) is 39.3 Å². The van der Waals surface area contributed by atoms with Gasteiger partial charge in [-0.2, -0.15) is 0 Å². The number of guanidine groups is 1. The topological polar surface area (TPSA) is 60.0 Å². The van der Waals surface area contributed by atoms with Crippen LogP contribution in [-0.4, -0.2) is 68.0 Å². The zero-order valence-electron chi connectivity index (χ0n) is 18.3. The van der Waals surface area contributed by atoms with Gasteiger partial charge in [0.05, 0.1) is 19.1 Å². The van der Waals surface area contributed by atoms with Crippen molar-refractivity contribution in [3.63, 3.8) is 0 Å². The summed E-state index contributed by atoms with van der Waals surface area (Å²) in [6.07, 6.45) is 0. The number of rotatable bonds is 7. The second-order valence-electron chi connectivity index (χ2n) is 7.96. The van der Waals surface area contributed by atoms with E-state index < -0.39 is 17.7 Å². The number of nitrogens with zero attached hydrogens (tertiary/aromatic N) is 3. The van der Waals surface area contributed by atoms with Gasteiger partial charge in [0.25, 0.3) is 0 Å². The minimum Gasteiger partial charge on any atom is -0.357 e. The Balaban J connectivity index is 0.00000784. The lowest BCUT2D eigenvalue weighted by Gasteiger charge is -2.27. The molecule has 1 unspecified atom stereocenters. The molecular formula is C20H34F2IN5O. The fourth-order valence-electron chi connectivity index (χ4n) is 2.73. The highest BCUT2D eigenvalue weighted by atomic mass is 127. The zero-order valence-corrected chi connectivity index (χ0v) is 20.7. The van der Waals surface area contributed by atoms with Crippen molar-refractivity contribution in [2.45, 2.75) is 39.3 Å². The first-order chi connectivity index (χ1) is 13.0. The molecule has 0 spiro atoms. The van der Waals surface area contributed by atoms with Crippen molar-refractivity contribution < 1.29 is 13.6 Å². The molecule has 166 valence electrons. The largest absolute Gasteiger partial charge is 0.357 e. The molecule has 1 aromatic carbocycles. The van der Waals surface area contributed by atoms with E-state index in [9.17, 15) is 13.6 Å². The number of carbonyl (C=O) groups excluding carboxylic acids is 1. The summed E-state index contributed by atoms with van der Waals surface area (Å²) in [5, 5.41) is 6.02. The van der Waals surface area contributed by atoms with Gasteiger partial charge in [-0.3, -0.25) is 9.79 Å². The molecule has 0 aliphatic rings. The SMILES string of the molecule is CCNC(=NCC(c1c(F)cccc1F)N(C)C)N(C)CC(=O)NC(C)(C)C.I. The van der Waals surface area contributed by atoms with Gasteiger partial charge in [0.1, 0.15) is 11.6 Å². The second-order valence-corrected chi connectivity index (χ2v) is 7.96. The van der Waals surface area contributed by atoms with Crippen LogP contribution < -0.4 is 10.6 Å². The van der Waals surface area contributed by atoms with Gasteiger partial charge in [0.2, 0.25) is 5.91 Å². The molecule has 6 nitrogen and oxygen atoms in total. The first-order valence-electron chi connectivity index (χ1n) is 9.37. The van der Waals surface area contributed by atoms with Gasteiger partial charge in [-0.15, -0.1) is 24.0 Å². The summed E-state index contributed by atoms with van der Waals surface area (Å²) >= 11 is 0. The summed E-state index contributed by atoms with van der Waals surface area (Å²) in [6.45, 7) is 8.50. The first-order valence-corrected chi connectivity index (χ1v) is 9.37. The van der Waals surface area contributed by atoms with E-state index in [1.165, 1.54) is 18.2 Å². The van der Waals surface area contributed by atoms with Crippen molar-refractivity contribution in [1.82, 2.24) is 20.4 Å². The van der Waals surface area contributed by atoms with Crippen molar-refractivity contribution in [2.24, 2.45) is 4.99 Å². The van der Waals surface area contributed by atoms with E-state index in [2.05, 4.69) is 15.6 Å². The predicted molar refractivity (Wildman–Crippen MR) is 125 cm³/mol. The summed E-state index contributed by atoms with van der Waals surface area (Å²) in [6, 6.07) is 3.25. The molecule has 1 aromatic rings. The predicted octanol–water partition coefficient (Wildman–Crippen LogP) is 3.00. The minimum absolute atomic E-state index is 0. The number of hydrogen-bond acceptors (Lipinski definition) is 3. The van der Waals surface area contributed by atoms with Gasteiger partial charge in [-0.05, 0) is 53.9 Å². The Morgan fingerprint density at radius 2 is 1.72 bits per heavy atom. The number of carbonyl (C=O) groups is 1. The van der Waals surface area contributed by atoms with Crippen molar-refractivity contribution in [2.75, 3.05) is 40.8 Å². The molecule has 0 aliphatic heterocycles. The maximum atomic E-state index is 14.2. The summed E-state index contributed by atoms with van der Waals surface area (Å²) < 4.78 is 28.5. The van der Waals surface area contributed by atoms with Crippen LogP contribution in [0.4, 0.5) is 8.78 Å². The third kappa shape index (κ3) is 9.24. The third-order valence-electron chi connectivity index (χ3n) is 3.96. The molecule has 29 heavy (non-hydrogen) atoms. The minimum atomic E-state index is -0.600. The average Bonchev–Trinajstić information content (AvgIpc) is 2.53. The Hall–Kier alpha value is -1.49. The second kappa shape index (κ2) is 12.3. The molecule has 2 N–H and O–H groups in total. The molecule has 1 atom stereocenters. The Morgan fingerprint density at radius 3 is 2.17 bits per heavy atom. The van der Waals surface area contributed by atoms with Crippen LogP contribution in [0.25, 0.3) is 0 Å². The van der Waals surface area contributed by atoms with E-state index in [1.807, 2.05) is 27.7 Å². The summed E-state index contributed by atoms with van der Waals surface area (Å²) in [7, 11) is 5.25. The highest BCUT2D eigenvalue weighted by Crippen LogP contribution is 2.24. The number of aliphatic imine (C=N–C) groups is 1. The van der Waals surface area contributed by atoms with E-state index >= 15 is 0 Å². The van der Waals surface area contributed by atoms with Crippen LogP contribution in [0, 0.1) is 11.6 Å². The Labute approximate surface area is 190 Å². The van der Waals surface area contributed by atoms with Crippen molar-refractivity contribution in [3.8, 4) is 0 Å². The number of benzene rings is 1. The number of likely N-dealkylation sites (N-methyl/N-ethyl adjacent to an activating group) is 2. The molecule has 0 heterocycles. The highest BCUT2D eigenvalue weighted by molar-refractivity contribution is 14.0. The van der Waals surface area contributed by atoms with E-state index in [0.29, 0.717) is 12.5 Å². The van der Waals surface area contributed by atoms with Crippen LogP contribution >= 0.6 is 24.0 Å². The standard InChI is InChI=1S/C20H33F2N5O.HI/c1-8-23-19(27(7)13-17(28)25-20(2,3)4)24-12-16(26(5)6)18-14(21)10-9-11-15(18)22;/h9-11,16H,8,12-13H2,1-7H3,(H,23,24)(H,25,28);1H. The summed E-state index contributed by atoms with van der Waals surface area (Å²) in [5.74, 6) is -0.839. The van der Waals surface area contributed by atoms with Crippen LogP contribution in [-0.2, 0) is 4.79 Å². The van der Waals surface area contributed by atoms with Gasteiger partial charge in [-0.1, -0.05) is 6.07 Å². The number of nitrogens with one attached hydrogen (secondary N) is 2. The molecule has 0 saturated heterocycles. The Kier molecular flexibility index (Phi) is 11.6. The monoisotopic (exact) mass is 525 g/mol. The fraction of sp³-hybridized carbons (Fsp3) is 0.600. The quantitative estimate of drug-likeness (QED) is 0.327. The molecule has 0 radical (unpaired) electrons. The molecule has 9 heteroatoms. The van der Waals surface area contributed by atoms with E-state index in [1.54, 1.807) is 30.9 Å². The maximum Gasteiger partial charge on any atom is 0.240 e. The summed E-state index contributed by atoms with van der Waals surface area (Å²) in [4.78, 5) is 20.1. The fourth-order valence-corrected chi connectivity index (χ4v) is 2.73. The lowest BCUT2D eigenvalue weighted by Crippen LogP contribution is -2.49. The molecule has 1 rings (SSSR count). The van der Waals surface area contributed by atoms with Crippen LogP contribution in [0.2, 0.25) is 0 Å². The normalized spacial score (nSPS) is 13.0. The molecule has 1 amide bonds. The highest BCUT2D eigenvalue weighted by Gasteiger charge is 2.23. The van der Waals surface area contributed by atoms with E-state index in [4.69, 9.17) is 0 Å². The maximum absolute atomic E-state index is 14.2. The summed E-state index contributed by atoms with van der Waals surface area (Å²) in [5.41, 5.74) is -0.341. The molecule has 0 aromatic heterocycles. The third-order valence-corrected chi connectivity index (χ3v) is 3.96. The van der Waals surface area contributed by atoms with Gasteiger partial charge in [0.15, 0.2) is 5.96 Å². The van der Waals surface area contributed by atoms with Gasteiger partial charge < -0.3 is 20.4 Å². The first kappa shape index (κ1) is 27.5. The van der Waals surface area contributed by atoms with Crippen LogP contribution in [0.5, 0.6) is 0 Å². The number of amides is 1. The van der Waals surface area contributed by atoms with Crippen molar-refractivity contribution in [3.05, 3.63) is 35.4 Å². The van der Waals surface area contributed by atoms with Gasteiger partial charge in [-0.25, -0.2) is 8.78 Å². The van der Waals surface area contributed by atoms with Gasteiger partial charge >= 0.3 is 0 Å². The average molecular weight is 525 g/mol. The lowest BCUT2D eigenvalue weighted by atomic mass is 10.0. The molecule has 0 aliphatic carbocycles. The number of hydrogen-bond donors (Lipinski definition) is 2. The van der Waals surface area contributed by atoms with Crippen LogP contribution in [0.3, 0.4) is 0 Å². The molecule has 0 fully saturated rings. The molecular weight excluding hydrogens is 491 g/mol. The van der Waals surface area contributed by atoms with Crippen molar-refractivity contribution in [1.29, 1.82) is 0 Å². The molecule has 0 saturated carbocycles. The van der Waals surface area contributed by atoms with E-state index in [-0.39, 0.29) is 54.1 Å². The Bertz CT molecular complexity index is 672. The Morgan fingerprint density at radius 1 is 1.17 bits per heavy atom. The lowest BCUT2D eigenvalue weighted by molar-refractivity contribution is -0.122. The van der Waals surface area contributed by atoms with Gasteiger partial charge in [0, 0.05) is 24.7 Å². The number of halogens is 3. The van der Waals surface area contributed by atoms with Crippen LogP contribution in [0.15, 0.2) is 23.2 Å².